The van der Waals surface area contributed by atoms with Crippen molar-refractivity contribution in [3.05, 3.63) is 51.5 Å². The number of carbonyl (C=O) groups excluding carboxylic acids is 1. The fourth-order valence-corrected chi connectivity index (χ4v) is 4.29. The van der Waals surface area contributed by atoms with Crippen LogP contribution in [-0.4, -0.2) is 28.3 Å². The molecule has 1 aliphatic rings. The first-order valence-electron chi connectivity index (χ1n) is 8.76. The number of halogens is 1. The Morgan fingerprint density at radius 2 is 2.15 bits per heavy atom. The number of aromatic nitrogens is 2. The van der Waals surface area contributed by atoms with Crippen LogP contribution in [-0.2, 0) is 6.54 Å². The van der Waals surface area contributed by atoms with E-state index in [1.165, 1.54) is 24.2 Å². The molecule has 1 atom stereocenters. The number of nitrogens with one attached hydrogen (secondary N) is 1. The van der Waals surface area contributed by atoms with Crippen molar-refractivity contribution >= 4 is 39.1 Å². The molecule has 1 unspecified atom stereocenters. The van der Waals surface area contributed by atoms with Crippen molar-refractivity contribution in [3.63, 3.8) is 0 Å². The summed E-state index contributed by atoms with van der Waals surface area (Å²) >= 11 is 7.43. The molecule has 0 spiro atoms. The van der Waals surface area contributed by atoms with Crippen LogP contribution in [0.4, 0.5) is 0 Å². The Morgan fingerprint density at radius 3 is 2.85 bits per heavy atom. The van der Waals surface area contributed by atoms with Gasteiger partial charge in [-0.25, -0.2) is 0 Å². The fourth-order valence-electron chi connectivity index (χ4n) is 3.08. The summed E-state index contributed by atoms with van der Waals surface area (Å²) in [5.74, 6) is 0.521. The van der Waals surface area contributed by atoms with Gasteiger partial charge >= 0.3 is 0 Å². The van der Waals surface area contributed by atoms with Crippen LogP contribution in [0.1, 0.15) is 33.8 Å². The summed E-state index contributed by atoms with van der Waals surface area (Å²) in [4.78, 5) is 14.2. The van der Waals surface area contributed by atoms with Gasteiger partial charge in [0.25, 0.3) is 5.91 Å². The second-order valence-electron chi connectivity index (χ2n) is 6.91. The van der Waals surface area contributed by atoms with Gasteiger partial charge in [0.15, 0.2) is 0 Å². The fraction of sp³-hybridized carbons (Fsp3) is 0.368. The highest BCUT2D eigenvalue weighted by atomic mass is 35.5. The molecule has 3 N–H and O–H groups in total. The third kappa shape index (κ3) is 3.63. The number of amides is 1. The Bertz CT molecular complexity index is 943. The summed E-state index contributed by atoms with van der Waals surface area (Å²) in [7, 11) is 0. The quantitative estimate of drug-likeness (QED) is 0.677. The van der Waals surface area contributed by atoms with Gasteiger partial charge in [0.1, 0.15) is 4.83 Å². The van der Waals surface area contributed by atoms with Gasteiger partial charge in [0, 0.05) is 23.0 Å². The summed E-state index contributed by atoms with van der Waals surface area (Å²) in [6.07, 6.45) is 2.36. The van der Waals surface area contributed by atoms with E-state index >= 15 is 0 Å². The van der Waals surface area contributed by atoms with E-state index in [0.29, 0.717) is 23.9 Å². The summed E-state index contributed by atoms with van der Waals surface area (Å²) < 4.78 is 1.95. The van der Waals surface area contributed by atoms with E-state index in [-0.39, 0.29) is 11.9 Å². The van der Waals surface area contributed by atoms with Crippen LogP contribution in [0.25, 0.3) is 10.2 Å². The normalized spacial score (nSPS) is 15.3. The Morgan fingerprint density at radius 1 is 1.42 bits per heavy atom. The molecule has 26 heavy (non-hydrogen) atoms. The smallest absolute Gasteiger partial charge is 0.261 e. The van der Waals surface area contributed by atoms with Crippen molar-refractivity contribution < 1.29 is 4.79 Å². The molecule has 1 fully saturated rings. The van der Waals surface area contributed by atoms with Crippen molar-refractivity contribution in [2.75, 3.05) is 6.54 Å². The third-order valence-electron chi connectivity index (χ3n) is 4.80. The van der Waals surface area contributed by atoms with Gasteiger partial charge < -0.3 is 11.1 Å². The maximum atomic E-state index is 12.5. The third-order valence-corrected chi connectivity index (χ3v) is 6.20. The molecular formula is C19H21ClN4OS. The second kappa shape index (κ2) is 7.02. The van der Waals surface area contributed by atoms with Crippen LogP contribution in [0.3, 0.4) is 0 Å². The maximum absolute atomic E-state index is 12.5. The molecule has 0 aliphatic heterocycles. The number of aryl methyl sites for hydroxylation is 1. The van der Waals surface area contributed by atoms with Crippen LogP contribution in [0, 0.1) is 12.8 Å². The average molecular weight is 389 g/mol. The predicted octanol–water partition coefficient (Wildman–Crippen LogP) is 3.58. The number of thiophene rings is 1. The first-order valence-corrected chi connectivity index (χ1v) is 9.96. The lowest BCUT2D eigenvalue weighted by Gasteiger charge is -2.10. The zero-order valence-corrected chi connectivity index (χ0v) is 16.1. The molecule has 2 heterocycles. The SMILES string of the molecule is Cc1nn(Cc2ccc(Cl)cc2)c2sc(C(=O)NCC(N)C3CC3)cc12. The lowest BCUT2D eigenvalue weighted by atomic mass is 10.2. The number of hydrogen-bond donors (Lipinski definition) is 2. The van der Waals surface area contributed by atoms with Crippen LogP contribution < -0.4 is 11.1 Å². The van der Waals surface area contributed by atoms with Crippen LogP contribution in [0.5, 0.6) is 0 Å². The van der Waals surface area contributed by atoms with Gasteiger partial charge in [-0.05, 0) is 49.4 Å². The average Bonchev–Trinajstić information content (AvgIpc) is 3.31. The molecule has 3 aromatic rings. The minimum Gasteiger partial charge on any atom is -0.350 e. The largest absolute Gasteiger partial charge is 0.350 e. The van der Waals surface area contributed by atoms with E-state index in [2.05, 4.69) is 10.4 Å². The molecular weight excluding hydrogens is 368 g/mol. The molecule has 7 heteroatoms. The molecule has 1 aliphatic carbocycles. The Hall–Kier alpha value is -1.89. The predicted molar refractivity (Wildman–Crippen MR) is 106 cm³/mol. The monoisotopic (exact) mass is 388 g/mol. The number of hydrogen-bond acceptors (Lipinski definition) is 4. The van der Waals surface area contributed by atoms with Crippen molar-refractivity contribution in [2.24, 2.45) is 11.7 Å². The van der Waals surface area contributed by atoms with Gasteiger partial charge in [-0.1, -0.05) is 23.7 Å². The Labute approximate surface area is 161 Å². The summed E-state index contributed by atoms with van der Waals surface area (Å²) in [5, 5.41) is 9.33. The van der Waals surface area contributed by atoms with Gasteiger partial charge in [-0.2, -0.15) is 5.10 Å². The van der Waals surface area contributed by atoms with Gasteiger partial charge in [-0.3, -0.25) is 9.48 Å². The Balaban J connectivity index is 1.52. The highest BCUT2D eigenvalue weighted by molar-refractivity contribution is 7.20. The zero-order valence-electron chi connectivity index (χ0n) is 14.5. The van der Waals surface area contributed by atoms with Crippen LogP contribution in [0.15, 0.2) is 30.3 Å². The molecule has 0 radical (unpaired) electrons. The van der Waals surface area contributed by atoms with E-state index in [4.69, 9.17) is 17.3 Å². The summed E-state index contributed by atoms with van der Waals surface area (Å²) in [5.41, 5.74) is 8.12. The summed E-state index contributed by atoms with van der Waals surface area (Å²) in [6, 6.07) is 9.73. The van der Waals surface area contributed by atoms with E-state index in [1.807, 2.05) is 41.9 Å². The first kappa shape index (κ1) is 17.5. The molecule has 1 saturated carbocycles. The van der Waals surface area contributed by atoms with Crippen molar-refractivity contribution in [2.45, 2.75) is 32.4 Å². The number of nitrogens with zero attached hydrogens (tertiary/aromatic N) is 2. The number of carbonyl (C=O) groups is 1. The maximum Gasteiger partial charge on any atom is 0.261 e. The highest BCUT2D eigenvalue weighted by Gasteiger charge is 2.28. The van der Waals surface area contributed by atoms with E-state index in [0.717, 1.165) is 26.5 Å². The van der Waals surface area contributed by atoms with Gasteiger partial charge in [-0.15, -0.1) is 11.3 Å². The van der Waals surface area contributed by atoms with Gasteiger partial charge in [0.2, 0.25) is 0 Å². The molecule has 5 nitrogen and oxygen atoms in total. The van der Waals surface area contributed by atoms with E-state index < -0.39 is 0 Å². The van der Waals surface area contributed by atoms with Crippen molar-refractivity contribution in [1.29, 1.82) is 0 Å². The number of nitrogens with two attached hydrogens (primary N) is 1. The highest BCUT2D eigenvalue weighted by Crippen LogP contribution is 2.31. The lowest BCUT2D eigenvalue weighted by Crippen LogP contribution is -2.38. The van der Waals surface area contributed by atoms with E-state index in [9.17, 15) is 4.79 Å². The summed E-state index contributed by atoms with van der Waals surface area (Å²) in [6.45, 7) is 3.15. The van der Waals surface area contributed by atoms with Gasteiger partial charge in [0.05, 0.1) is 17.1 Å². The minimum absolute atomic E-state index is 0.0558. The first-order chi connectivity index (χ1) is 12.5. The van der Waals surface area contributed by atoms with Crippen molar-refractivity contribution in [1.82, 2.24) is 15.1 Å². The van der Waals surface area contributed by atoms with Crippen LogP contribution in [0.2, 0.25) is 5.02 Å². The van der Waals surface area contributed by atoms with E-state index in [1.54, 1.807) is 0 Å². The van der Waals surface area contributed by atoms with Crippen LogP contribution >= 0.6 is 22.9 Å². The number of rotatable bonds is 6. The molecule has 1 aromatic carbocycles. The minimum atomic E-state index is -0.0558. The Kier molecular flexibility index (Phi) is 4.73. The number of benzene rings is 1. The number of fused-ring (bicyclic) bond motifs is 1. The molecule has 136 valence electrons. The molecule has 4 rings (SSSR count). The molecule has 2 aromatic heterocycles. The lowest BCUT2D eigenvalue weighted by molar-refractivity contribution is 0.0954. The van der Waals surface area contributed by atoms with Crippen molar-refractivity contribution in [3.8, 4) is 0 Å². The standard InChI is InChI=1S/C19H21ClN4OS/c1-11-15-8-17(18(25)22-9-16(21)13-4-5-13)26-19(15)24(23-11)10-12-2-6-14(20)7-3-12/h2-3,6-8,13,16H,4-5,9-10,21H2,1H3,(H,22,25). The second-order valence-corrected chi connectivity index (χ2v) is 8.38. The molecule has 0 bridgehead atoms. The molecule has 0 saturated heterocycles. The topological polar surface area (TPSA) is 72.9 Å². The molecule has 1 amide bonds. The zero-order chi connectivity index (χ0) is 18.3.